The fourth-order valence-electron chi connectivity index (χ4n) is 3.02. The quantitative estimate of drug-likeness (QED) is 0.825. The van der Waals surface area contributed by atoms with Crippen LogP contribution in [-0.4, -0.2) is 18.5 Å². The van der Waals surface area contributed by atoms with Gasteiger partial charge in [0, 0.05) is 18.0 Å². The lowest BCUT2D eigenvalue weighted by Gasteiger charge is -2.39. The molecule has 3 heteroatoms. The number of benzene rings is 1. The van der Waals surface area contributed by atoms with Crippen molar-refractivity contribution in [1.29, 1.82) is 0 Å². The molecule has 1 aliphatic rings. The number of hydrogen-bond donors (Lipinski definition) is 1. The standard InChI is InChI=1S/C16H24ClNO/c1-13-4-3-9-16(10-13,12-17)18-11-14-5-7-15(19-2)8-6-14/h5-8,13,18H,3-4,9-12H2,1-2H3. The van der Waals surface area contributed by atoms with Gasteiger partial charge in [0.25, 0.3) is 0 Å². The fourth-order valence-corrected chi connectivity index (χ4v) is 3.36. The first kappa shape index (κ1) is 14.7. The summed E-state index contributed by atoms with van der Waals surface area (Å²) in [6, 6.07) is 8.24. The van der Waals surface area contributed by atoms with Gasteiger partial charge in [-0.15, -0.1) is 11.6 Å². The maximum Gasteiger partial charge on any atom is 0.118 e. The van der Waals surface area contributed by atoms with Gasteiger partial charge in [-0.2, -0.15) is 0 Å². The minimum absolute atomic E-state index is 0.124. The van der Waals surface area contributed by atoms with Crippen LogP contribution in [0.25, 0.3) is 0 Å². The van der Waals surface area contributed by atoms with E-state index in [9.17, 15) is 0 Å². The van der Waals surface area contributed by atoms with Gasteiger partial charge in [-0.3, -0.25) is 0 Å². The predicted molar refractivity (Wildman–Crippen MR) is 80.9 cm³/mol. The van der Waals surface area contributed by atoms with Crippen LogP contribution in [0.1, 0.15) is 38.2 Å². The lowest BCUT2D eigenvalue weighted by Crippen LogP contribution is -2.49. The van der Waals surface area contributed by atoms with Gasteiger partial charge in [0.1, 0.15) is 5.75 Å². The molecule has 19 heavy (non-hydrogen) atoms. The van der Waals surface area contributed by atoms with E-state index in [1.54, 1.807) is 7.11 Å². The van der Waals surface area contributed by atoms with Crippen molar-refractivity contribution < 1.29 is 4.74 Å². The Labute approximate surface area is 121 Å². The zero-order valence-electron chi connectivity index (χ0n) is 11.9. The smallest absolute Gasteiger partial charge is 0.118 e. The molecule has 0 aliphatic heterocycles. The summed E-state index contributed by atoms with van der Waals surface area (Å²) in [5.74, 6) is 2.38. The molecule has 1 aliphatic carbocycles. The highest BCUT2D eigenvalue weighted by atomic mass is 35.5. The Morgan fingerprint density at radius 1 is 1.37 bits per heavy atom. The van der Waals surface area contributed by atoms with Crippen LogP contribution in [-0.2, 0) is 6.54 Å². The van der Waals surface area contributed by atoms with E-state index in [1.165, 1.54) is 31.2 Å². The van der Waals surface area contributed by atoms with Gasteiger partial charge in [0.15, 0.2) is 0 Å². The molecule has 1 aromatic carbocycles. The van der Waals surface area contributed by atoms with Gasteiger partial charge in [0.2, 0.25) is 0 Å². The molecule has 0 saturated heterocycles. The summed E-state index contributed by atoms with van der Waals surface area (Å²) in [5.41, 5.74) is 1.41. The van der Waals surface area contributed by atoms with Crippen LogP contribution in [0.15, 0.2) is 24.3 Å². The second kappa shape index (κ2) is 6.62. The molecule has 0 aromatic heterocycles. The minimum atomic E-state index is 0.124. The van der Waals surface area contributed by atoms with E-state index < -0.39 is 0 Å². The zero-order valence-corrected chi connectivity index (χ0v) is 12.7. The van der Waals surface area contributed by atoms with E-state index in [0.717, 1.165) is 18.2 Å². The summed E-state index contributed by atoms with van der Waals surface area (Å²) in [6.07, 6.45) is 5.00. The molecule has 0 heterocycles. The zero-order chi connectivity index (χ0) is 13.7. The molecule has 2 rings (SSSR count). The molecule has 1 saturated carbocycles. The van der Waals surface area contributed by atoms with Crippen molar-refractivity contribution in [1.82, 2.24) is 5.32 Å². The number of ether oxygens (including phenoxy) is 1. The molecule has 0 spiro atoms. The van der Waals surface area contributed by atoms with Crippen molar-refractivity contribution >= 4 is 11.6 Å². The first-order valence-electron chi connectivity index (χ1n) is 7.11. The highest BCUT2D eigenvalue weighted by Crippen LogP contribution is 2.33. The number of halogens is 1. The topological polar surface area (TPSA) is 21.3 Å². The van der Waals surface area contributed by atoms with Crippen molar-refractivity contribution in [3.05, 3.63) is 29.8 Å². The second-order valence-electron chi connectivity index (χ2n) is 5.82. The number of rotatable bonds is 5. The SMILES string of the molecule is COc1ccc(CNC2(CCl)CCCC(C)C2)cc1. The Hall–Kier alpha value is -0.730. The van der Waals surface area contributed by atoms with Gasteiger partial charge in [-0.25, -0.2) is 0 Å². The lowest BCUT2D eigenvalue weighted by atomic mass is 9.77. The van der Waals surface area contributed by atoms with Crippen LogP contribution in [0.2, 0.25) is 0 Å². The largest absolute Gasteiger partial charge is 0.497 e. The van der Waals surface area contributed by atoms with E-state index in [1.807, 2.05) is 12.1 Å². The van der Waals surface area contributed by atoms with E-state index >= 15 is 0 Å². The normalized spacial score (nSPS) is 27.2. The molecule has 2 unspecified atom stereocenters. The van der Waals surface area contributed by atoms with Crippen LogP contribution >= 0.6 is 11.6 Å². The van der Waals surface area contributed by atoms with Gasteiger partial charge in [0.05, 0.1) is 7.11 Å². The average Bonchev–Trinajstić information content (AvgIpc) is 2.46. The summed E-state index contributed by atoms with van der Waals surface area (Å²) in [6.45, 7) is 3.21. The summed E-state index contributed by atoms with van der Waals surface area (Å²) >= 11 is 6.23. The lowest BCUT2D eigenvalue weighted by molar-refractivity contribution is 0.207. The minimum Gasteiger partial charge on any atom is -0.497 e. The molecule has 0 amide bonds. The molecule has 0 radical (unpaired) electrons. The molecule has 1 fully saturated rings. The maximum absolute atomic E-state index is 6.23. The highest BCUT2D eigenvalue weighted by Gasteiger charge is 2.33. The van der Waals surface area contributed by atoms with Crippen LogP contribution in [0, 0.1) is 5.92 Å². The monoisotopic (exact) mass is 281 g/mol. The van der Waals surface area contributed by atoms with E-state index in [0.29, 0.717) is 5.88 Å². The molecule has 0 bridgehead atoms. The first-order valence-corrected chi connectivity index (χ1v) is 7.65. The predicted octanol–water partition coefficient (Wildman–Crippen LogP) is 3.97. The Balaban J connectivity index is 1.95. The van der Waals surface area contributed by atoms with Crippen LogP contribution in [0.5, 0.6) is 5.75 Å². The molecule has 1 aromatic rings. The molecule has 106 valence electrons. The number of hydrogen-bond acceptors (Lipinski definition) is 2. The van der Waals surface area contributed by atoms with Gasteiger partial charge < -0.3 is 10.1 Å². The van der Waals surface area contributed by atoms with Crippen LogP contribution < -0.4 is 10.1 Å². The molecular formula is C16H24ClNO. The number of nitrogens with one attached hydrogen (secondary N) is 1. The number of alkyl halides is 1. The highest BCUT2D eigenvalue weighted by molar-refractivity contribution is 6.18. The second-order valence-corrected chi connectivity index (χ2v) is 6.08. The van der Waals surface area contributed by atoms with Gasteiger partial charge in [-0.1, -0.05) is 31.9 Å². The van der Waals surface area contributed by atoms with E-state index in [2.05, 4.69) is 24.4 Å². The van der Waals surface area contributed by atoms with Crippen molar-refractivity contribution in [3.8, 4) is 5.75 Å². The summed E-state index contributed by atoms with van der Waals surface area (Å²) in [4.78, 5) is 0. The summed E-state index contributed by atoms with van der Waals surface area (Å²) in [5, 5.41) is 3.70. The third-order valence-electron chi connectivity index (χ3n) is 4.17. The molecule has 2 atom stereocenters. The fraction of sp³-hybridized carbons (Fsp3) is 0.625. The van der Waals surface area contributed by atoms with Crippen LogP contribution in [0.3, 0.4) is 0 Å². The third-order valence-corrected chi connectivity index (χ3v) is 4.69. The first-order chi connectivity index (χ1) is 9.17. The Kier molecular flexibility index (Phi) is 5.12. The van der Waals surface area contributed by atoms with Gasteiger partial charge >= 0.3 is 0 Å². The molecule has 1 N–H and O–H groups in total. The number of methoxy groups -OCH3 is 1. The Morgan fingerprint density at radius 2 is 2.11 bits per heavy atom. The summed E-state index contributed by atoms with van der Waals surface area (Å²) < 4.78 is 5.18. The van der Waals surface area contributed by atoms with Crippen molar-refractivity contribution in [2.45, 2.75) is 44.7 Å². The van der Waals surface area contributed by atoms with Crippen LogP contribution in [0.4, 0.5) is 0 Å². The maximum atomic E-state index is 6.23. The Bertz CT molecular complexity index is 392. The Morgan fingerprint density at radius 3 is 2.68 bits per heavy atom. The summed E-state index contributed by atoms with van der Waals surface area (Å²) in [7, 11) is 1.69. The third kappa shape index (κ3) is 3.87. The van der Waals surface area contributed by atoms with Crippen molar-refractivity contribution in [3.63, 3.8) is 0 Å². The van der Waals surface area contributed by atoms with E-state index in [4.69, 9.17) is 16.3 Å². The van der Waals surface area contributed by atoms with Crippen molar-refractivity contribution in [2.75, 3.05) is 13.0 Å². The molecule has 2 nitrogen and oxygen atoms in total. The average molecular weight is 282 g/mol. The van der Waals surface area contributed by atoms with Gasteiger partial charge in [-0.05, 0) is 36.5 Å². The molecular weight excluding hydrogens is 258 g/mol. The van der Waals surface area contributed by atoms with Crippen molar-refractivity contribution in [2.24, 2.45) is 5.92 Å². The van der Waals surface area contributed by atoms with E-state index in [-0.39, 0.29) is 5.54 Å².